The monoisotopic (exact) mass is 304 g/mol. The van der Waals surface area contributed by atoms with E-state index in [-0.39, 0.29) is 11.8 Å². The first-order chi connectivity index (χ1) is 10.7. The van der Waals surface area contributed by atoms with E-state index < -0.39 is 0 Å². The Balaban J connectivity index is 1.72. The minimum atomic E-state index is -0.379. The van der Waals surface area contributed by atoms with Gasteiger partial charge in [0, 0.05) is 5.69 Å². The number of rotatable bonds is 6. The zero-order chi connectivity index (χ0) is 15.8. The predicted octanol–water partition coefficient (Wildman–Crippen LogP) is 3.03. The number of anilines is 1. The van der Waals surface area contributed by atoms with Crippen LogP contribution in [-0.2, 0) is 0 Å². The molecule has 2 N–H and O–H groups in total. The van der Waals surface area contributed by atoms with E-state index in [9.17, 15) is 9.18 Å². The molecular formula is C16H17FN2O3. The second kappa shape index (κ2) is 7.87. The standard InChI is InChI=1S/C16H17FN2O3/c1-21-14-4-2-3-5-15(14)22-11-10-18-16(20)19-13-8-6-12(17)7-9-13/h2-9H,10-11H2,1H3,(H2,18,19,20). The van der Waals surface area contributed by atoms with Crippen molar-refractivity contribution in [2.24, 2.45) is 0 Å². The fraction of sp³-hybridized carbons (Fsp3) is 0.188. The highest BCUT2D eigenvalue weighted by molar-refractivity contribution is 5.89. The van der Waals surface area contributed by atoms with Gasteiger partial charge < -0.3 is 20.1 Å². The lowest BCUT2D eigenvalue weighted by Crippen LogP contribution is -2.32. The van der Waals surface area contributed by atoms with Crippen LogP contribution < -0.4 is 20.1 Å². The zero-order valence-corrected chi connectivity index (χ0v) is 12.1. The fourth-order valence-electron chi connectivity index (χ4n) is 1.77. The van der Waals surface area contributed by atoms with Crippen molar-refractivity contribution in [3.05, 3.63) is 54.3 Å². The number of benzene rings is 2. The normalized spacial score (nSPS) is 9.91. The second-order valence-corrected chi connectivity index (χ2v) is 4.39. The van der Waals surface area contributed by atoms with Crippen molar-refractivity contribution in [1.82, 2.24) is 5.32 Å². The van der Waals surface area contributed by atoms with E-state index in [1.165, 1.54) is 24.3 Å². The Bertz CT molecular complexity index is 617. The number of para-hydroxylation sites is 2. The van der Waals surface area contributed by atoms with Gasteiger partial charge in [0.25, 0.3) is 0 Å². The lowest BCUT2D eigenvalue weighted by atomic mass is 10.3. The Morgan fingerprint density at radius 1 is 1.09 bits per heavy atom. The van der Waals surface area contributed by atoms with Gasteiger partial charge in [0.15, 0.2) is 11.5 Å². The van der Waals surface area contributed by atoms with Gasteiger partial charge in [0.1, 0.15) is 12.4 Å². The number of carbonyl (C=O) groups excluding carboxylic acids is 1. The van der Waals surface area contributed by atoms with Crippen LogP contribution in [0.2, 0.25) is 0 Å². The Kier molecular flexibility index (Phi) is 5.59. The predicted molar refractivity (Wildman–Crippen MR) is 81.9 cm³/mol. The zero-order valence-electron chi connectivity index (χ0n) is 12.1. The largest absolute Gasteiger partial charge is 0.493 e. The van der Waals surface area contributed by atoms with Gasteiger partial charge >= 0.3 is 6.03 Å². The number of hydrogen-bond acceptors (Lipinski definition) is 3. The van der Waals surface area contributed by atoms with Crippen molar-refractivity contribution in [1.29, 1.82) is 0 Å². The molecule has 0 fully saturated rings. The summed E-state index contributed by atoms with van der Waals surface area (Å²) in [7, 11) is 1.57. The van der Waals surface area contributed by atoms with Crippen molar-refractivity contribution in [2.45, 2.75) is 0 Å². The number of methoxy groups -OCH3 is 1. The summed E-state index contributed by atoms with van der Waals surface area (Å²) in [6.45, 7) is 0.627. The van der Waals surface area contributed by atoms with E-state index in [0.717, 1.165) is 0 Å². The Morgan fingerprint density at radius 2 is 1.77 bits per heavy atom. The molecule has 0 aliphatic rings. The van der Waals surface area contributed by atoms with Crippen molar-refractivity contribution in [3.8, 4) is 11.5 Å². The molecule has 0 radical (unpaired) electrons. The third-order valence-corrected chi connectivity index (χ3v) is 2.82. The van der Waals surface area contributed by atoms with Crippen LogP contribution in [0.4, 0.5) is 14.9 Å². The molecule has 116 valence electrons. The first-order valence-electron chi connectivity index (χ1n) is 6.75. The molecule has 2 amide bonds. The maximum atomic E-state index is 12.7. The number of nitrogens with one attached hydrogen (secondary N) is 2. The molecule has 2 aromatic rings. The molecule has 2 rings (SSSR count). The molecule has 0 aromatic heterocycles. The average Bonchev–Trinajstić information content (AvgIpc) is 2.54. The van der Waals surface area contributed by atoms with E-state index >= 15 is 0 Å². The fourth-order valence-corrected chi connectivity index (χ4v) is 1.77. The Morgan fingerprint density at radius 3 is 2.45 bits per heavy atom. The smallest absolute Gasteiger partial charge is 0.319 e. The number of carbonyl (C=O) groups is 1. The summed E-state index contributed by atoms with van der Waals surface area (Å²) in [5, 5.41) is 5.24. The highest BCUT2D eigenvalue weighted by Gasteiger charge is 2.04. The highest BCUT2D eigenvalue weighted by atomic mass is 19.1. The molecule has 2 aromatic carbocycles. The number of ether oxygens (including phenoxy) is 2. The summed E-state index contributed by atoms with van der Waals surface area (Å²) < 4.78 is 23.4. The Labute approximate surface area is 128 Å². The molecule has 0 spiro atoms. The van der Waals surface area contributed by atoms with Crippen LogP contribution in [0.3, 0.4) is 0 Å². The van der Waals surface area contributed by atoms with Gasteiger partial charge in [-0.15, -0.1) is 0 Å². The second-order valence-electron chi connectivity index (χ2n) is 4.39. The third-order valence-electron chi connectivity index (χ3n) is 2.82. The summed E-state index contributed by atoms with van der Waals surface area (Å²) in [5.74, 6) is 0.903. The SMILES string of the molecule is COc1ccccc1OCCNC(=O)Nc1ccc(F)cc1. The molecule has 0 aliphatic carbocycles. The van der Waals surface area contributed by atoms with Crippen molar-refractivity contribution in [3.63, 3.8) is 0 Å². The molecule has 5 nitrogen and oxygen atoms in total. The highest BCUT2D eigenvalue weighted by Crippen LogP contribution is 2.25. The van der Waals surface area contributed by atoms with E-state index in [1.54, 1.807) is 19.2 Å². The molecule has 0 aliphatic heterocycles. The minimum Gasteiger partial charge on any atom is -0.493 e. The summed E-state index contributed by atoms with van der Waals surface area (Å²) >= 11 is 0. The Hall–Kier alpha value is -2.76. The van der Waals surface area contributed by atoms with Crippen LogP contribution in [0.5, 0.6) is 11.5 Å². The van der Waals surface area contributed by atoms with E-state index in [0.29, 0.717) is 30.3 Å². The van der Waals surface area contributed by atoms with Gasteiger partial charge in [-0.3, -0.25) is 0 Å². The summed E-state index contributed by atoms with van der Waals surface area (Å²) in [6.07, 6.45) is 0. The lowest BCUT2D eigenvalue weighted by molar-refractivity contribution is 0.246. The molecule has 22 heavy (non-hydrogen) atoms. The van der Waals surface area contributed by atoms with Crippen LogP contribution in [-0.4, -0.2) is 26.3 Å². The molecule has 0 saturated heterocycles. The molecule has 0 heterocycles. The van der Waals surface area contributed by atoms with Crippen LogP contribution in [0.25, 0.3) is 0 Å². The average molecular weight is 304 g/mol. The number of hydrogen-bond donors (Lipinski definition) is 2. The topological polar surface area (TPSA) is 59.6 Å². The minimum absolute atomic E-state index is 0.303. The molecule has 0 atom stereocenters. The van der Waals surface area contributed by atoms with E-state index in [2.05, 4.69) is 10.6 Å². The van der Waals surface area contributed by atoms with Gasteiger partial charge in [-0.1, -0.05) is 12.1 Å². The van der Waals surface area contributed by atoms with E-state index in [1.807, 2.05) is 12.1 Å². The quantitative estimate of drug-likeness (QED) is 0.806. The summed E-state index contributed by atoms with van der Waals surface area (Å²) in [4.78, 5) is 11.6. The molecule has 6 heteroatoms. The van der Waals surface area contributed by atoms with Crippen LogP contribution in [0.1, 0.15) is 0 Å². The molecule has 0 saturated carbocycles. The van der Waals surface area contributed by atoms with Gasteiger partial charge in [0.2, 0.25) is 0 Å². The van der Waals surface area contributed by atoms with Crippen molar-refractivity contribution in [2.75, 3.05) is 25.6 Å². The number of halogens is 1. The van der Waals surface area contributed by atoms with Gasteiger partial charge in [-0.25, -0.2) is 9.18 Å². The molecule has 0 unspecified atom stereocenters. The molecule has 0 bridgehead atoms. The van der Waals surface area contributed by atoms with E-state index in [4.69, 9.17) is 9.47 Å². The van der Waals surface area contributed by atoms with Gasteiger partial charge in [-0.05, 0) is 36.4 Å². The van der Waals surface area contributed by atoms with Crippen molar-refractivity contribution >= 4 is 11.7 Å². The number of amides is 2. The van der Waals surface area contributed by atoms with Gasteiger partial charge in [0.05, 0.1) is 13.7 Å². The van der Waals surface area contributed by atoms with Crippen LogP contribution >= 0.6 is 0 Å². The maximum absolute atomic E-state index is 12.7. The molecular weight excluding hydrogens is 287 g/mol. The third kappa shape index (κ3) is 4.66. The van der Waals surface area contributed by atoms with Gasteiger partial charge in [-0.2, -0.15) is 0 Å². The first-order valence-corrected chi connectivity index (χ1v) is 6.75. The van der Waals surface area contributed by atoms with Crippen LogP contribution in [0.15, 0.2) is 48.5 Å². The van der Waals surface area contributed by atoms with Crippen LogP contribution in [0, 0.1) is 5.82 Å². The summed E-state index contributed by atoms with van der Waals surface area (Å²) in [6, 6.07) is 12.4. The first kappa shape index (κ1) is 15.6. The lowest BCUT2D eigenvalue weighted by Gasteiger charge is -2.11. The number of urea groups is 1. The van der Waals surface area contributed by atoms with Crippen molar-refractivity contribution < 1.29 is 18.7 Å². The summed E-state index contributed by atoms with van der Waals surface area (Å²) in [5.41, 5.74) is 0.518. The maximum Gasteiger partial charge on any atom is 0.319 e.